The molecule has 2 unspecified atom stereocenters. The Kier molecular flexibility index (Phi) is 4.00. The average Bonchev–Trinajstić information content (AvgIpc) is 2.71. The van der Waals surface area contributed by atoms with Gasteiger partial charge in [0.05, 0.1) is 0 Å². The first-order valence-corrected chi connectivity index (χ1v) is 6.71. The van der Waals surface area contributed by atoms with Crippen molar-refractivity contribution >= 4 is 0 Å². The zero-order valence-corrected chi connectivity index (χ0v) is 10.8. The second kappa shape index (κ2) is 5.35. The zero-order chi connectivity index (χ0) is 13.2. The van der Waals surface area contributed by atoms with Gasteiger partial charge in [0.2, 0.25) is 5.92 Å². The number of aryl methyl sites for hydroxylation is 1. The zero-order valence-electron chi connectivity index (χ0n) is 10.8. The summed E-state index contributed by atoms with van der Waals surface area (Å²) in [5, 5.41) is 0. The van der Waals surface area contributed by atoms with Gasteiger partial charge in [-0.2, -0.15) is 0 Å². The van der Waals surface area contributed by atoms with Crippen LogP contribution in [0.4, 0.5) is 8.78 Å². The fraction of sp³-hybridized carbons (Fsp3) is 0.600. The minimum Gasteiger partial charge on any atom is -0.327 e. The maximum Gasteiger partial charge on any atom is 0.248 e. The highest BCUT2D eigenvalue weighted by atomic mass is 19.3. The van der Waals surface area contributed by atoms with Crippen molar-refractivity contribution in [2.24, 2.45) is 11.7 Å². The number of nitrogens with two attached hydrogens (primary N) is 1. The topological polar surface area (TPSA) is 26.0 Å². The van der Waals surface area contributed by atoms with E-state index in [0.29, 0.717) is 12.8 Å². The van der Waals surface area contributed by atoms with E-state index in [1.54, 1.807) is 0 Å². The van der Waals surface area contributed by atoms with Gasteiger partial charge in [0.1, 0.15) is 0 Å². The number of rotatable bonds is 4. The second-order valence-electron chi connectivity index (χ2n) is 5.40. The highest BCUT2D eigenvalue weighted by molar-refractivity contribution is 5.23. The third-order valence-corrected chi connectivity index (χ3v) is 3.95. The quantitative estimate of drug-likeness (QED) is 0.872. The number of benzene rings is 1. The van der Waals surface area contributed by atoms with Crippen LogP contribution in [0, 0.1) is 5.92 Å². The standard InChI is InChI=1S/C15H21F2N/c1-2-11-3-5-12(6-4-11)9-14(18)13-7-8-15(16,17)10-13/h3-6,13-14H,2,7-10,18H2,1H3. The van der Waals surface area contributed by atoms with Gasteiger partial charge in [0.25, 0.3) is 0 Å². The fourth-order valence-electron chi connectivity index (χ4n) is 2.70. The lowest BCUT2D eigenvalue weighted by Crippen LogP contribution is -2.31. The summed E-state index contributed by atoms with van der Waals surface area (Å²) in [5.41, 5.74) is 8.51. The molecule has 0 bridgehead atoms. The molecule has 2 atom stereocenters. The maximum atomic E-state index is 13.1. The largest absolute Gasteiger partial charge is 0.327 e. The molecule has 1 aliphatic rings. The van der Waals surface area contributed by atoms with E-state index < -0.39 is 5.92 Å². The van der Waals surface area contributed by atoms with E-state index >= 15 is 0 Å². The van der Waals surface area contributed by atoms with Crippen molar-refractivity contribution < 1.29 is 8.78 Å². The Balaban J connectivity index is 1.92. The van der Waals surface area contributed by atoms with Crippen molar-refractivity contribution in [3.05, 3.63) is 35.4 Å². The summed E-state index contributed by atoms with van der Waals surface area (Å²) < 4.78 is 26.3. The lowest BCUT2D eigenvalue weighted by Gasteiger charge is -2.19. The van der Waals surface area contributed by atoms with E-state index in [1.807, 2.05) is 0 Å². The highest BCUT2D eigenvalue weighted by Crippen LogP contribution is 2.40. The normalized spacial score (nSPS) is 24.1. The third-order valence-electron chi connectivity index (χ3n) is 3.95. The van der Waals surface area contributed by atoms with Crippen molar-refractivity contribution in [2.75, 3.05) is 0 Å². The van der Waals surface area contributed by atoms with Crippen LogP contribution in [0.1, 0.15) is 37.3 Å². The number of alkyl halides is 2. The van der Waals surface area contributed by atoms with E-state index in [2.05, 4.69) is 31.2 Å². The molecule has 1 nitrogen and oxygen atoms in total. The minimum atomic E-state index is -2.49. The predicted molar refractivity (Wildman–Crippen MR) is 69.8 cm³/mol. The summed E-state index contributed by atoms with van der Waals surface area (Å²) >= 11 is 0. The Morgan fingerprint density at radius 2 is 1.89 bits per heavy atom. The van der Waals surface area contributed by atoms with Crippen LogP contribution in [0.15, 0.2) is 24.3 Å². The molecule has 1 fully saturated rings. The monoisotopic (exact) mass is 253 g/mol. The average molecular weight is 253 g/mol. The van der Waals surface area contributed by atoms with E-state index in [9.17, 15) is 8.78 Å². The van der Waals surface area contributed by atoms with Crippen LogP contribution in [0.3, 0.4) is 0 Å². The van der Waals surface area contributed by atoms with Gasteiger partial charge in [0.15, 0.2) is 0 Å². The summed E-state index contributed by atoms with van der Waals surface area (Å²) in [6, 6.07) is 8.15. The van der Waals surface area contributed by atoms with Crippen molar-refractivity contribution in [1.82, 2.24) is 0 Å². The van der Waals surface area contributed by atoms with Gasteiger partial charge in [-0.05, 0) is 36.3 Å². The third kappa shape index (κ3) is 3.29. The molecular formula is C15H21F2N. The number of hydrogen-bond acceptors (Lipinski definition) is 1. The molecule has 0 aliphatic heterocycles. The first-order chi connectivity index (χ1) is 8.50. The van der Waals surface area contributed by atoms with Gasteiger partial charge in [-0.25, -0.2) is 8.78 Å². The van der Waals surface area contributed by atoms with E-state index in [0.717, 1.165) is 12.0 Å². The van der Waals surface area contributed by atoms with Crippen molar-refractivity contribution in [3.8, 4) is 0 Å². The lowest BCUT2D eigenvalue weighted by atomic mass is 9.92. The van der Waals surface area contributed by atoms with Gasteiger partial charge in [0, 0.05) is 18.9 Å². The number of hydrogen-bond donors (Lipinski definition) is 1. The predicted octanol–water partition coefficient (Wildman–Crippen LogP) is 3.55. The Morgan fingerprint density at radius 3 is 2.39 bits per heavy atom. The van der Waals surface area contributed by atoms with Crippen LogP contribution in [-0.4, -0.2) is 12.0 Å². The summed E-state index contributed by atoms with van der Waals surface area (Å²) in [5.74, 6) is -2.53. The molecule has 18 heavy (non-hydrogen) atoms. The number of halogens is 2. The Bertz CT molecular complexity index is 386. The molecule has 1 aliphatic carbocycles. The van der Waals surface area contributed by atoms with Crippen LogP contribution >= 0.6 is 0 Å². The molecule has 1 aromatic carbocycles. The molecule has 100 valence electrons. The molecule has 3 heteroatoms. The van der Waals surface area contributed by atoms with Crippen LogP contribution < -0.4 is 5.73 Å². The molecule has 0 spiro atoms. The molecule has 0 heterocycles. The van der Waals surface area contributed by atoms with Crippen molar-refractivity contribution in [2.45, 2.75) is 51.0 Å². The van der Waals surface area contributed by atoms with Gasteiger partial charge in [-0.3, -0.25) is 0 Å². The Morgan fingerprint density at radius 1 is 1.28 bits per heavy atom. The van der Waals surface area contributed by atoms with Gasteiger partial charge < -0.3 is 5.73 Å². The smallest absolute Gasteiger partial charge is 0.248 e. The van der Waals surface area contributed by atoms with Crippen LogP contribution in [0.25, 0.3) is 0 Å². The summed E-state index contributed by atoms with van der Waals surface area (Å²) in [4.78, 5) is 0. The van der Waals surface area contributed by atoms with E-state index in [-0.39, 0.29) is 24.8 Å². The van der Waals surface area contributed by atoms with Crippen LogP contribution in [-0.2, 0) is 12.8 Å². The van der Waals surface area contributed by atoms with E-state index in [4.69, 9.17) is 5.73 Å². The minimum absolute atomic E-state index is 0.000138. The highest BCUT2D eigenvalue weighted by Gasteiger charge is 2.41. The molecule has 0 radical (unpaired) electrons. The Hall–Kier alpha value is -0.960. The molecule has 0 amide bonds. The molecule has 0 saturated heterocycles. The Labute approximate surface area is 107 Å². The second-order valence-corrected chi connectivity index (χ2v) is 5.40. The molecular weight excluding hydrogens is 232 g/mol. The van der Waals surface area contributed by atoms with Crippen molar-refractivity contribution in [1.29, 1.82) is 0 Å². The molecule has 1 saturated carbocycles. The summed E-state index contributed by atoms with van der Waals surface area (Å²) in [6.07, 6.45) is 2.23. The van der Waals surface area contributed by atoms with Gasteiger partial charge >= 0.3 is 0 Å². The fourth-order valence-corrected chi connectivity index (χ4v) is 2.70. The SMILES string of the molecule is CCc1ccc(CC(N)C2CCC(F)(F)C2)cc1. The molecule has 2 rings (SSSR count). The molecule has 0 aromatic heterocycles. The van der Waals surface area contributed by atoms with E-state index in [1.165, 1.54) is 5.56 Å². The van der Waals surface area contributed by atoms with Crippen LogP contribution in [0.5, 0.6) is 0 Å². The molecule has 2 N–H and O–H groups in total. The first kappa shape index (κ1) is 13.5. The maximum absolute atomic E-state index is 13.1. The molecule has 1 aromatic rings. The van der Waals surface area contributed by atoms with Gasteiger partial charge in [-0.15, -0.1) is 0 Å². The van der Waals surface area contributed by atoms with Gasteiger partial charge in [-0.1, -0.05) is 31.2 Å². The van der Waals surface area contributed by atoms with Crippen molar-refractivity contribution in [3.63, 3.8) is 0 Å². The first-order valence-electron chi connectivity index (χ1n) is 6.71. The summed E-state index contributed by atoms with van der Waals surface area (Å²) in [6.45, 7) is 2.11. The summed E-state index contributed by atoms with van der Waals surface area (Å²) in [7, 11) is 0. The lowest BCUT2D eigenvalue weighted by molar-refractivity contribution is 0.00393. The van der Waals surface area contributed by atoms with Crippen LogP contribution in [0.2, 0.25) is 0 Å².